The molecule has 2 aliphatic rings. The third-order valence-electron chi connectivity index (χ3n) is 3.78. The summed E-state index contributed by atoms with van der Waals surface area (Å²) >= 11 is 0. The Labute approximate surface area is 72.8 Å². The molecular weight excluding hydrogens is 150 g/mol. The fraction of sp³-hybridized carbons (Fsp3) is 0.700. The van der Waals surface area contributed by atoms with Crippen LogP contribution >= 0.6 is 0 Å². The molecule has 2 bridgehead atoms. The van der Waals surface area contributed by atoms with E-state index in [0.29, 0.717) is 11.8 Å². The largest absolute Gasteiger partial charge is 0.369 e. The predicted octanol–water partition coefficient (Wildman–Crippen LogP) is 1.46. The lowest BCUT2D eigenvalue weighted by Crippen LogP contribution is -2.38. The van der Waals surface area contributed by atoms with Crippen LogP contribution in [0.3, 0.4) is 0 Å². The lowest BCUT2D eigenvalue weighted by molar-refractivity contribution is -0.129. The van der Waals surface area contributed by atoms with Gasteiger partial charge in [-0.1, -0.05) is 19.1 Å². The first-order chi connectivity index (χ1) is 5.55. The van der Waals surface area contributed by atoms with Gasteiger partial charge in [0.25, 0.3) is 0 Å². The zero-order valence-corrected chi connectivity index (χ0v) is 7.47. The van der Waals surface area contributed by atoms with Gasteiger partial charge in [-0.2, -0.15) is 0 Å². The summed E-state index contributed by atoms with van der Waals surface area (Å²) in [5.74, 6) is 0.809. The molecule has 2 N–H and O–H groups in total. The van der Waals surface area contributed by atoms with E-state index in [2.05, 4.69) is 6.58 Å². The first kappa shape index (κ1) is 7.84. The fourth-order valence-electron chi connectivity index (χ4n) is 2.91. The molecule has 2 rings (SSSR count). The van der Waals surface area contributed by atoms with Crippen molar-refractivity contribution in [2.45, 2.75) is 26.2 Å². The Morgan fingerprint density at radius 2 is 2.33 bits per heavy atom. The van der Waals surface area contributed by atoms with Crippen LogP contribution in [0.1, 0.15) is 26.2 Å². The van der Waals surface area contributed by atoms with Gasteiger partial charge in [-0.15, -0.1) is 0 Å². The van der Waals surface area contributed by atoms with Crippen molar-refractivity contribution in [3.05, 3.63) is 12.2 Å². The highest BCUT2D eigenvalue weighted by Gasteiger charge is 2.53. The summed E-state index contributed by atoms with van der Waals surface area (Å²) in [4.78, 5) is 11.2. The van der Waals surface area contributed by atoms with E-state index in [1.54, 1.807) is 0 Å². The molecule has 0 saturated heterocycles. The lowest BCUT2D eigenvalue weighted by Gasteiger charge is -2.29. The number of hydrogen-bond donors (Lipinski definition) is 1. The van der Waals surface area contributed by atoms with Gasteiger partial charge < -0.3 is 5.73 Å². The van der Waals surface area contributed by atoms with Crippen molar-refractivity contribution in [3.63, 3.8) is 0 Å². The van der Waals surface area contributed by atoms with Crippen LogP contribution in [0.15, 0.2) is 12.2 Å². The summed E-state index contributed by atoms with van der Waals surface area (Å²) in [5, 5.41) is 0. The Morgan fingerprint density at radius 1 is 1.67 bits per heavy atom. The van der Waals surface area contributed by atoms with Crippen molar-refractivity contribution in [1.82, 2.24) is 0 Å². The summed E-state index contributed by atoms with van der Waals surface area (Å²) in [7, 11) is 0. The van der Waals surface area contributed by atoms with Gasteiger partial charge in [-0.05, 0) is 31.1 Å². The van der Waals surface area contributed by atoms with Gasteiger partial charge >= 0.3 is 0 Å². The van der Waals surface area contributed by atoms with E-state index in [1.807, 2.05) is 6.92 Å². The second kappa shape index (κ2) is 2.12. The van der Waals surface area contributed by atoms with E-state index in [4.69, 9.17) is 5.73 Å². The molecule has 2 saturated carbocycles. The lowest BCUT2D eigenvalue weighted by atomic mass is 9.74. The summed E-state index contributed by atoms with van der Waals surface area (Å²) in [6.45, 7) is 6.04. The topological polar surface area (TPSA) is 43.1 Å². The van der Waals surface area contributed by atoms with Crippen LogP contribution in [0.2, 0.25) is 0 Å². The molecule has 12 heavy (non-hydrogen) atoms. The first-order valence-electron chi connectivity index (χ1n) is 4.54. The summed E-state index contributed by atoms with van der Waals surface area (Å²) < 4.78 is 0. The Bertz CT molecular complexity index is 259. The average Bonchev–Trinajstić information content (AvgIpc) is 2.44. The maximum atomic E-state index is 11.2. The fourth-order valence-corrected chi connectivity index (χ4v) is 2.91. The van der Waals surface area contributed by atoms with Crippen molar-refractivity contribution in [3.8, 4) is 0 Å². The van der Waals surface area contributed by atoms with E-state index in [1.165, 1.54) is 12.0 Å². The minimum atomic E-state index is -0.278. The molecule has 0 aliphatic heterocycles. The normalized spacial score (nSPS) is 45.2. The summed E-state index contributed by atoms with van der Waals surface area (Å²) in [6.07, 6.45) is 3.27. The minimum Gasteiger partial charge on any atom is -0.369 e. The number of nitrogens with two attached hydrogens (primary N) is 1. The number of hydrogen-bond acceptors (Lipinski definition) is 1. The molecule has 2 fully saturated rings. The first-order valence-corrected chi connectivity index (χ1v) is 4.54. The number of fused-ring (bicyclic) bond motifs is 2. The SMILES string of the molecule is C=C1[C@@H]2CC[C@H]1[C@](C)(C(N)=O)C2. The maximum Gasteiger partial charge on any atom is 0.223 e. The molecule has 0 aromatic heterocycles. The number of rotatable bonds is 1. The van der Waals surface area contributed by atoms with Crippen LogP contribution in [-0.4, -0.2) is 5.91 Å². The number of carbonyl (C=O) groups excluding carboxylic acids is 1. The zero-order valence-electron chi connectivity index (χ0n) is 7.47. The Balaban J connectivity index is 2.34. The van der Waals surface area contributed by atoms with Gasteiger partial charge in [-0.25, -0.2) is 0 Å². The summed E-state index contributed by atoms with van der Waals surface area (Å²) in [5.41, 5.74) is 6.40. The number of amides is 1. The number of carbonyl (C=O) groups is 1. The van der Waals surface area contributed by atoms with Crippen molar-refractivity contribution in [2.75, 3.05) is 0 Å². The molecule has 2 aliphatic carbocycles. The zero-order chi connectivity index (χ0) is 8.93. The van der Waals surface area contributed by atoms with Gasteiger partial charge in [0, 0.05) is 0 Å². The molecular formula is C10H15NO. The summed E-state index contributed by atoms with van der Waals surface area (Å²) in [6, 6.07) is 0. The Kier molecular flexibility index (Phi) is 1.39. The number of allylic oxidation sites excluding steroid dienone is 1. The van der Waals surface area contributed by atoms with Crippen LogP contribution in [-0.2, 0) is 4.79 Å². The molecule has 66 valence electrons. The van der Waals surface area contributed by atoms with E-state index < -0.39 is 0 Å². The Morgan fingerprint density at radius 3 is 2.58 bits per heavy atom. The average molecular weight is 165 g/mol. The molecule has 0 radical (unpaired) electrons. The molecule has 2 heteroatoms. The van der Waals surface area contributed by atoms with Gasteiger partial charge in [0.15, 0.2) is 0 Å². The van der Waals surface area contributed by atoms with Crippen LogP contribution in [0.5, 0.6) is 0 Å². The van der Waals surface area contributed by atoms with Gasteiger partial charge in [0.1, 0.15) is 0 Å². The van der Waals surface area contributed by atoms with Gasteiger partial charge in [0.05, 0.1) is 5.41 Å². The van der Waals surface area contributed by atoms with Gasteiger partial charge in [-0.3, -0.25) is 4.79 Å². The van der Waals surface area contributed by atoms with Crippen LogP contribution in [0.25, 0.3) is 0 Å². The van der Waals surface area contributed by atoms with E-state index in [-0.39, 0.29) is 11.3 Å². The van der Waals surface area contributed by atoms with Crippen molar-refractivity contribution >= 4 is 5.91 Å². The van der Waals surface area contributed by atoms with Crippen molar-refractivity contribution < 1.29 is 4.79 Å². The maximum absolute atomic E-state index is 11.2. The second-order valence-electron chi connectivity index (χ2n) is 4.39. The second-order valence-corrected chi connectivity index (χ2v) is 4.39. The predicted molar refractivity (Wildman–Crippen MR) is 47.3 cm³/mol. The van der Waals surface area contributed by atoms with Crippen molar-refractivity contribution in [1.29, 1.82) is 0 Å². The third kappa shape index (κ3) is 0.728. The smallest absolute Gasteiger partial charge is 0.223 e. The van der Waals surface area contributed by atoms with Crippen LogP contribution in [0.4, 0.5) is 0 Å². The van der Waals surface area contributed by atoms with Crippen LogP contribution < -0.4 is 5.73 Å². The Hall–Kier alpha value is -0.790. The quantitative estimate of drug-likeness (QED) is 0.587. The molecule has 0 spiro atoms. The minimum absolute atomic E-state index is 0.143. The molecule has 0 unspecified atom stereocenters. The molecule has 1 amide bonds. The molecule has 2 nitrogen and oxygen atoms in total. The monoisotopic (exact) mass is 165 g/mol. The highest BCUT2D eigenvalue weighted by atomic mass is 16.1. The van der Waals surface area contributed by atoms with E-state index >= 15 is 0 Å². The molecule has 3 atom stereocenters. The number of primary amides is 1. The van der Waals surface area contributed by atoms with E-state index in [0.717, 1.165) is 12.8 Å². The van der Waals surface area contributed by atoms with E-state index in [9.17, 15) is 4.79 Å². The third-order valence-corrected chi connectivity index (χ3v) is 3.78. The highest BCUT2D eigenvalue weighted by Crippen LogP contribution is 2.58. The molecule has 0 aromatic carbocycles. The standard InChI is InChI=1S/C10H15NO/c1-6-7-3-4-8(6)10(2,5-7)9(11)12/h7-8H,1,3-5H2,2H3,(H2,11,12)/t7-,8-,10-/m1/s1. The molecule has 0 heterocycles. The van der Waals surface area contributed by atoms with Crippen LogP contribution in [0, 0.1) is 17.3 Å². The molecule has 0 aromatic rings. The van der Waals surface area contributed by atoms with Crippen molar-refractivity contribution in [2.24, 2.45) is 23.0 Å². The van der Waals surface area contributed by atoms with Gasteiger partial charge in [0.2, 0.25) is 5.91 Å². The highest BCUT2D eigenvalue weighted by molar-refractivity contribution is 5.82.